The first-order valence-corrected chi connectivity index (χ1v) is 6.22. The molecule has 0 aliphatic heterocycles. The Kier molecular flexibility index (Phi) is 3.94. The summed E-state index contributed by atoms with van der Waals surface area (Å²) in [4.78, 5) is 0. The fourth-order valence-corrected chi connectivity index (χ4v) is 1.83. The SMILES string of the molecule is CCc1cc(COc2ccc(N)cc2OC)n(C)n1. The quantitative estimate of drug-likeness (QED) is 0.838. The number of nitrogen functional groups attached to an aromatic ring is 1. The zero-order valence-electron chi connectivity index (χ0n) is 11.5. The van der Waals surface area contributed by atoms with Crippen molar-refractivity contribution in [2.45, 2.75) is 20.0 Å². The standard InChI is InChI=1S/C14H19N3O2/c1-4-11-8-12(17(2)16-11)9-19-13-6-5-10(15)7-14(13)18-3/h5-8H,4,9,15H2,1-3H3. The monoisotopic (exact) mass is 261 g/mol. The zero-order chi connectivity index (χ0) is 13.8. The maximum Gasteiger partial charge on any atom is 0.162 e. The Morgan fingerprint density at radius 3 is 2.68 bits per heavy atom. The largest absolute Gasteiger partial charge is 0.493 e. The number of hydrogen-bond donors (Lipinski definition) is 1. The predicted molar refractivity (Wildman–Crippen MR) is 74.3 cm³/mol. The van der Waals surface area contributed by atoms with E-state index < -0.39 is 0 Å². The molecule has 5 nitrogen and oxygen atoms in total. The molecule has 5 heteroatoms. The van der Waals surface area contributed by atoms with E-state index >= 15 is 0 Å². The third kappa shape index (κ3) is 2.99. The highest BCUT2D eigenvalue weighted by molar-refractivity contribution is 5.51. The van der Waals surface area contributed by atoms with E-state index in [-0.39, 0.29) is 0 Å². The molecule has 2 N–H and O–H groups in total. The number of aryl methyl sites for hydroxylation is 2. The first-order valence-electron chi connectivity index (χ1n) is 6.22. The van der Waals surface area contributed by atoms with Crippen LogP contribution in [0.2, 0.25) is 0 Å². The average Bonchev–Trinajstić information content (AvgIpc) is 2.78. The lowest BCUT2D eigenvalue weighted by Crippen LogP contribution is -2.04. The third-order valence-corrected chi connectivity index (χ3v) is 2.95. The number of anilines is 1. The molecular weight excluding hydrogens is 242 g/mol. The van der Waals surface area contributed by atoms with Crippen LogP contribution in [0.3, 0.4) is 0 Å². The van der Waals surface area contributed by atoms with Crippen molar-refractivity contribution in [3.8, 4) is 11.5 Å². The van der Waals surface area contributed by atoms with Crippen LogP contribution in [0.25, 0.3) is 0 Å². The Morgan fingerprint density at radius 1 is 1.26 bits per heavy atom. The molecule has 0 amide bonds. The second-order valence-electron chi connectivity index (χ2n) is 4.30. The number of rotatable bonds is 5. The Balaban J connectivity index is 2.11. The van der Waals surface area contributed by atoms with Gasteiger partial charge in [-0.05, 0) is 24.6 Å². The van der Waals surface area contributed by atoms with Crippen LogP contribution in [0.15, 0.2) is 24.3 Å². The molecular formula is C14H19N3O2. The highest BCUT2D eigenvalue weighted by Crippen LogP contribution is 2.29. The van der Waals surface area contributed by atoms with Crippen molar-refractivity contribution in [1.29, 1.82) is 0 Å². The summed E-state index contributed by atoms with van der Waals surface area (Å²) in [5.41, 5.74) is 8.44. The lowest BCUT2D eigenvalue weighted by atomic mass is 10.3. The molecule has 0 spiro atoms. The summed E-state index contributed by atoms with van der Waals surface area (Å²) >= 11 is 0. The molecule has 0 unspecified atom stereocenters. The molecule has 0 saturated heterocycles. The van der Waals surface area contributed by atoms with E-state index in [1.165, 1.54) is 0 Å². The first-order chi connectivity index (χ1) is 9.13. The maximum atomic E-state index is 5.77. The van der Waals surface area contributed by atoms with Gasteiger partial charge in [-0.25, -0.2) is 0 Å². The summed E-state index contributed by atoms with van der Waals surface area (Å²) in [5.74, 6) is 1.31. The molecule has 2 rings (SSSR count). The van der Waals surface area contributed by atoms with Crippen LogP contribution in [0.1, 0.15) is 18.3 Å². The molecule has 0 fully saturated rings. The van der Waals surface area contributed by atoms with E-state index in [0.29, 0.717) is 23.8 Å². The van der Waals surface area contributed by atoms with Gasteiger partial charge in [0.2, 0.25) is 0 Å². The molecule has 0 aliphatic rings. The highest BCUT2D eigenvalue weighted by atomic mass is 16.5. The summed E-state index contributed by atoms with van der Waals surface area (Å²) in [6.45, 7) is 2.53. The smallest absolute Gasteiger partial charge is 0.162 e. The number of ether oxygens (including phenoxy) is 2. The zero-order valence-corrected chi connectivity index (χ0v) is 11.5. The number of methoxy groups -OCH3 is 1. The van der Waals surface area contributed by atoms with Gasteiger partial charge in [0.25, 0.3) is 0 Å². The average molecular weight is 261 g/mol. The van der Waals surface area contributed by atoms with Gasteiger partial charge in [-0.2, -0.15) is 5.10 Å². The minimum Gasteiger partial charge on any atom is -0.493 e. The van der Waals surface area contributed by atoms with E-state index in [2.05, 4.69) is 12.0 Å². The maximum absolute atomic E-state index is 5.77. The number of hydrogen-bond acceptors (Lipinski definition) is 4. The van der Waals surface area contributed by atoms with Gasteiger partial charge in [-0.15, -0.1) is 0 Å². The van der Waals surface area contributed by atoms with Crippen LogP contribution in [-0.2, 0) is 20.1 Å². The Bertz CT molecular complexity index is 564. The van der Waals surface area contributed by atoms with Crippen molar-refractivity contribution < 1.29 is 9.47 Å². The summed E-state index contributed by atoms with van der Waals surface area (Å²) in [6, 6.07) is 7.39. The number of nitrogens with zero attached hydrogens (tertiary/aromatic N) is 2. The minimum absolute atomic E-state index is 0.448. The lowest BCUT2D eigenvalue weighted by molar-refractivity contribution is 0.276. The Hall–Kier alpha value is -2.17. The minimum atomic E-state index is 0.448. The summed E-state index contributed by atoms with van der Waals surface area (Å²) in [7, 11) is 3.51. The summed E-state index contributed by atoms with van der Waals surface area (Å²) < 4.78 is 12.8. The van der Waals surface area contributed by atoms with Crippen molar-refractivity contribution in [1.82, 2.24) is 9.78 Å². The summed E-state index contributed by atoms with van der Waals surface area (Å²) in [6.07, 6.45) is 0.916. The predicted octanol–water partition coefficient (Wildman–Crippen LogP) is 2.15. The van der Waals surface area contributed by atoms with Crippen LogP contribution < -0.4 is 15.2 Å². The van der Waals surface area contributed by atoms with Crippen molar-refractivity contribution in [2.75, 3.05) is 12.8 Å². The van der Waals surface area contributed by atoms with E-state index in [0.717, 1.165) is 17.8 Å². The van der Waals surface area contributed by atoms with Crippen LogP contribution in [0.4, 0.5) is 5.69 Å². The number of nitrogens with two attached hydrogens (primary N) is 1. The van der Waals surface area contributed by atoms with Crippen molar-refractivity contribution in [3.63, 3.8) is 0 Å². The molecule has 0 saturated carbocycles. The van der Waals surface area contributed by atoms with Crippen LogP contribution in [-0.4, -0.2) is 16.9 Å². The van der Waals surface area contributed by atoms with E-state index in [4.69, 9.17) is 15.2 Å². The van der Waals surface area contributed by atoms with Crippen molar-refractivity contribution in [2.24, 2.45) is 7.05 Å². The van der Waals surface area contributed by atoms with Crippen LogP contribution >= 0.6 is 0 Å². The first kappa shape index (κ1) is 13.3. The Labute approximate surface area is 112 Å². The van der Waals surface area contributed by atoms with Crippen LogP contribution in [0.5, 0.6) is 11.5 Å². The van der Waals surface area contributed by atoms with Gasteiger partial charge in [0.05, 0.1) is 18.5 Å². The fourth-order valence-electron chi connectivity index (χ4n) is 1.83. The van der Waals surface area contributed by atoms with Gasteiger partial charge in [0.15, 0.2) is 11.5 Å². The molecule has 1 aromatic heterocycles. The molecule has 0 atom stereocenters. The fraction of sp³-hybridized carbons (Fsp3) is 0.357. The van der Waals surface area contributed by atoms with Gasteiger partial charge in [0, 0.05) is 18.8 Å². The molecule has 0 bridgehead atoms. The molecule has 2 aromatic rings. The molecule has 102 valence electrons. The lowest BCUT2D eigenvalue weighted by Gasteiger charge is -2.11. The van der Waals surface area contributed by atoms with Gasteiger partial charge in [-0.1, -0.05) is 6.92 Å². The highest BCUT2D eigenvalue weighted by Gasteiger charge is 2.08. The number of aromatic nitrogens is 2. The van der Waals surface area contributed by atoms with Gasteiger partial charge in [-0.3, -0.25) is 4.68 Å². The second-order valence-corrected chi connectivity index (χ2v) is 4.30. The molecule has 1 aromatic carbocycles. The van der Waals surface area contributed by atoms with Crippen LogP contribution in [0, 0.1) is 0 Å². The molecule has 0 aliphatic carbocycles. The third-order valence-electron chi connectivity index (χ3n) is 2.95. The molecule has 19 heavy (non-hydrogen) atoms. The van der Waals surface area contributed by atoms with Gasteiger partial charge in [0.1, 0.15) is 6.61 Å². The summed E-state index contributed by atoms with van der Waals surface area (Å²) in [5, 5.41) is 4.38. The van der Waals surface area contributed by atoms with Crippen molar-refractivity contribution in [3.05, 3.63) is 35.7 Å². The molecule has 0 radical (unpaired) electrons. The molecule has 1 heterocycles. The topological polar surface area (TPSA) is 62.3 Å². The number of benzene rings is 1. The van der Waals surface area contributed by atoms with Gasteiger partial charge < -0.3 is 15.2 Å². The second kappa shape index (κ2) is 5.65. The van der Waals surface area contributed by atoms with Gasteiger partial charge >= 0.3 is 0 Å². The van der Waals surface area contributed by atoms with E-state index in [1.54, 1.807) is 19.2 Å². The van der Waals surface area contributed by atoms with E-state index in [9.17, 15) is 0 Å². The Morgan fingerprint density at radius 2 is 2.05 bits per heavy atom. The van der Waals surface area contributed by atoms with Crippen molar-refractivity contribution >= 4 is 5.69 Å². The normalized spacial score (nSPS) is 10.5. The van der Waals surface area contributed by atoms with E-state index in [1.807, 2.05) is 23.9 Å².